The summed E-state index contributed by atoms with van der Waals surface area (Å²) in [6.07, 6.45) is 1.73. The maximum atomic E-state index is 14.8. The summed E-state index contributed by atoms with van der Waals surface area (Å²) in [6, 6.07) is 20.5. The number of piperidine rings is 1. The van der Waals surface area contributed by atoms with E-state index in [0.717, 1.165) is 24.1 Å². The number of hydrogen-bond donors (Lipinski definition) is 2. The van der Waals surface area contributed by atoms with E-state index in [1.54, 1.807) is 38.5 Å². The minimum Gasteiger partial charge on any atom is -0.497 e. The number of nitrogens with two attached hydrogens (primary N) is 1. The number of carbonyl (C=O) groups is 2. The van der Waals surface area contributed by atoms with Gasteiger partial charge >= 0.3 is 0 Å². The van der Waals surface area contributed by atoms with Crippen molar-refractivity contribution in [2.45, 2.75) is 43.1 Å². The smallest absolute Gasteiger partial charge is 0.258 e. The fraction of sp³-hybridized carbons (Fsp3) is 0.394. The number of likely N-dealkylation sites (tertiary alicyclic amines) is 1. The van der Waals surface area contributed by atoms with Crippen molar-refractivity contribution < 1.29 is 19.1 Å². The molecule has 4 atom stereocenters. The average molecular weight is 611 g/mol. The van der Waals surface area contributed by atoms with Crippen molar-refractivity contribution >= 4 is 35.0 Å². The van der Waals surface area contributed by atoms with E-state index < -0.39 is 22.8 Å². The predicted molar refractivity (Wildman–Crippen MR) is 166 cm³/mol. The summed E-state index contributed by atoms with van der Waals surface area (Å²) >= 11 is 13.0. The number of halogens is 2. The Morgan fingerprint density at radius 1 is 1.02 bits per heavy atom. The maximum absolute atomic E-state index is 14.8. The van der Waals surface area contributed by atoms with Crippen LogP contribution in [0.15, 0.2) is 66.7 Å². The lowest BCUT2D eigenvalue weighted by atomic mass is 9.51. The van der Waals surface area contributed by atoms with Gasteiger partial charge in [-0.1, -0.05) is 66.5 Å². The summed E-state index contributed by atoms with van der Waals surface area (Å²) < 4.78 is 11.1. The highest BCUT2D eigenvalue weighted by atomic mass is 35.5. The molecule has 4 unspecified atom stereocenters. The van der Waals surface area contributed by atoms with Crippen LogP contribution in [-0.4, -0.2) is 56.1 Å². The van der Waals surface area contributed by atoms with Gasteiger partial charge in [-0.25, -0.2) is 0 Å². The monoisotopic (exact) mass is 609 g/mol. The molecule has 222 valence electrons. The summed E-state index contributed by atoms with van der Waals surface area (Å²) in [5.41, 5.74) is 6.56. The Hall–Kier alpha value is -3.26. The molecule has 3 aromatic carbocycles. The van der Waals surface area contributed by atoms with Gasteiger partial charge in [0.2, 0.25) is 5.91 Å². The minimum atomic E-state index is -1.12. The molecule has 2 aliphatic rings. The molecule has 9 heteroatoms. The van der Waals surface area contributed by atoms with Gasteiger partial charge in [-0.3, -0.25) is 9.59 Å². The predicted octanol–water partition coefficient (Wildman–Crippen LogP) is 5.82. The van der Waals surface area contributed by atoms with E-state index in [2.05, 4.69) is 12.2 Å². The van der Waals surface area contributed by atoms with E-state index in [1.807, 2.05) is 47.4 Å². The normalized spacial score (nSPS) is 25.7. The van der Waals surface area contributed by atoms with Crippen LogP contribution in [0.5, 0.6) is 11.5 Å². The number of ether oxygens (including phenoxy) is 2. The molecule has 2 heterocycles. The molecule has 42 heavy (non-hydrogen) atoms. The van der Waals surface area contributed by atoms with Gasteiger partial charge in [0.05, 0.1) is 40.8 Å². The van der Waals surface area contributed by atoms with Crippen LogP contribution in [0.4, 0.5) is 0 Å². The van der Waals surface area contributed by atoms with Gasteiger partial charge in [-0.15, -0.1) is 0 Å². The van der Waals surface area contributed by atoms with Crippen LogP contribution in [0.2, 0.25) is 10.0 Å². The van der Waals surface area contributed by atoms with Gasteiger partial charge in [-0.2, -0.15) is 0 Å². The number of methoxy groups -OCH3 is 2. The Kier molecular flexibility index (Phi) is 8.74. The third kappa shape index (κ3) is 4.81. The first kappa shape index (κ1) is 30.2. The van der Waals surface area contributed by atoms with Crippen molar-refractivity contribution in [2.24, 2.45) is 11.7 Å². The third-order valence-electron chi connectivity index (χ3n) is 9.45. The molecule has 2 aliphatic heterocycles. The van der Waals surface area contributed by atoms with Gasteiger partial charge in [-0.05, 0) is 73.2 Å². The average Bonchev–Trinajstić information content (AvgIpc) is 3.57. The van der Waals surface area contributed by atoms with Crippen LogP contribution in [0.1, 0.15) is 53.6 Å². The van der Waals surface area contributed by atoms with Gasteiger partial charge < -0.3 is 25.4 Å². The quantitative estimate of drug-likeness (QED) is 0.335. The van der Waals surface area contributed by atoms with Crippen molar-refractivity contribution in [3.63, 3.8) is 0 Å². The molecule has 2 fully saturated rings. The van der Waals surface area contributed by atoms with Gasteiger partial charge in [0, 0.05) is 19.0 Å². The van der Waals surface area contributed by atoms with Gasteiger partial charge in [0.15, 0.2) is 0 Å². The van der Waals surface area contributed by atoms with E-state index in [4.69, 9.17) is 38.4 Å². The Balaban J connectivity index is 1.83. The topological polar surface area (TPSA) is 93.9 Å². The second-order valence-corrected chi connectivity index (χ2v) is 11.9. The lowest BCUT2D eigenvalue weighted by molar-refractivity contribution is -0.131. The molecule has 3 N–H and O–H groups in total. The van der Waals surface area contributed by atoms with Crippen molar-refractivity contribution in [2.75, 3.05) is 33.9 Å². The molecule has 0 aliphatic carbocycles. The lowest BCUT2D eigenvalue weighted by Gasteiger charge is -2.61. The summed E-state index contributed by atoms with van der Waals surface area (Å²) in [5.74, 6) is -0.113. The summed E-state index contributed by atoms with van der Waals surface area (Å²) in [5, 5.41) is 4.31. The van der Waals surface area contributed by atoms with Crippen LogP contribution in [0.25, 0.3) is 0 Å². The molecule has 2 amide bonds. The standard InChI is InChI=1S/C33H37Cl2N3O4/c1-4-33(23-14-16-37-20-23)29(21-10-12-26(34)27(35)18-21)32(31(36)40,22-8-6-5-7-9-22)15-17-38(33)30(39)25-19-24(41-2)11-13-28(25)42-3/h5-13,18-19,23,29,37H,4,14-17,20H2,1-3H3,(H2,36,40). The molecule has 0 spiro atoms. The van der Waals surface area contributed by atoms with Crippen LogP contribution >= 0.6 is 23.2 Å². The largest absolute Gasteiger partial charge is 0.497 e. The maximum Gasteiger partial charge on any atom is 0.258 e. The zero-order valence-electron chi connectivity index (χ0n) is 24.2. The number of nitrogens with one attached hydrogen (secondary N) is 1. The summed E-state index contributed by atoms with van der Waals surface area (Å²) in [6.45, 7) is 3.90. The lowest BCUT2D eigenvalue weighted by Crippen LogP contribution is -2.70. The number of rotatable bonds is 8. The zero-order chi connectivity index (χ0) is 30.1. The fourth-order valence-electron chi connectivity index (χ4n) is 7.58. The zero-order valence-corrected chi connectivity index (χ0v) is 25.7. The number of carbonyl (C=O) groups excluding carboxylic acids is 2. The number of benzene rings is 3. The molecule has 0 bridgehead atoms. The highest BCUT2D eigenvalue weighted by Gasteiger charge is 2.64. The summed E-state index contributed by atoms with van der Waals surface area (Å²) in [7, 11) is 3.12. The Morgan fingerprint density at radius 2 is 1.79 bits per heavy atom. The van der Waals surface area contributed by atoms with E-state index in [9.17, 15) is 9.59 Å². The van der Waals surface area contributed by atoms with Crippen LogP contribution in [-0.2, 0) is 10.2 Å². The number of hydrogen-bond acceptors (Lipinski definition) is 5. The van der Waals surface area contributed by atoms with Crippen molar-refractivity contribution in [3.05, 3.63) is 93.5 Å². The highest BCUT2D eigenvalue weighted by Crippen LogP contribution is 2.58. The Bertz CT molecular complexity index is 1460. The first-order valence-electron chi connectivity index (χ1n) is 14.3. The van der Waals surface area contributed by atoms with Crippen LogP contribution in [0, 0.1) is 5.92 Å². The van der Waals surface area contributed by atoms with E-state index in [1.165, 1.54) is 0 Å². The van der Waals surface area contributed by atoms with Gasteiger partial charge in [0.25, 0.3) is 5.91 Å². The van der Waals surface area contributed by atoms with Crippen molar-refractivity contribution in [1.82, 2.24) is 10.2 Å². The molecule has 5 rings (SSSR count). The first-order chi connectivity index (χ1) is 20.2. The van der Waals surface area contributed by atoms with E-state index >= 15 is 0 Å². The third-order valence-corrected chi connectivity index (χ3v) is 10.2. The van der Waals surface area contributed by atoms with Crippen molar-refractivity contribution in [3.8, 4) is 11.5 Å². The molecule has 0 radical (unpaired) electrons. The number of primary amides is 1. The second kappa shape index (κ2) is 12.2. The molecule has 0 aromatic heterocycles. The molecule has 7 nitrogen and oxygen atoms in total. The van der Waals surface area contributed by atoms with E-state index in [0.29, 0.717) is 53.0 Å². The number of nitrogens with zero attached hydrogens (tertiary/aromatic N) is 1. The second-order valence-electron chi connectivity index (χ2n) is 11.1. The minimum absolute atomic E-state index is 0.0187. The summed E-state index contributed by atoms with van der Waals surface area (Å²) in [4.78, 5) is 30.7. The fourth-order valence-corrected chi connectivity index (χ4v) is 7.89. The first-order valence-corrected chi connectivity index (χ1v) is 15.0. The Labute approximate surface area is 257 Å². The molecule has 0 saturated carbocycles. The number of amides is 2. The Morgan fingerprint density at radius 3 is 2.38 bits per heavy atom. The molecular formula is C33H37Cl2N3O4. The van der Waals surface area contributed by atoms with Crippen LogP contribution < -0.4 is 20.5 Å². The van der Waals surface area contributed by atoms with Crippen molar-refractivity contribution in [1.29, 1.82) is 0 Å². The molecule has 2 saturated heterocycles. The highest BCUT2D eigenvalue weighted by molar-refractivity contribution is 6.42. The van der Waals surface area contributed by atoms with Crippen LogP contribution in [0.3, 0.4) is 0 Å². The van der Waals surface area contributed by atoms with Gasteiger partial charge in [0.1, 0.15) is 11.5 Å². The molecule has 3 aromatic rings. The SMILES string of the molecule is CCC1(C2CCNC2)C(c2ccc(Cl)c(Cl)c2)C(C(N)=O)(c2ccccc2)CCN1C(=O)c1cc(OC)ccc1OC. The molecular weight excluding hydrogens is 573 g/mol. The van der Waals surface area contributed by atoms with E-state index in [-0.39, 0.29) is 11.8 Å².